The van der Waals surface area contributed by atoms with Crippen LogP contribution in [0.2, 0.25) is 0 Å². The lowest BCUT2D eigenvalue weighted by atomic mass is 10.1. The summed E-state index contributed by atoms with van der Waals surface area (Å²) in [7, 11) is 1.62. The van der Waals surface area contributed by atoms with Gasteiger partial charge in [-0.25, -0.2) is 0 Å². The van der Waals surface area contributed by atoms with E-state index in [1.54, 1.807) is 30.7 Å². The third kappa shape index (κ3) is 8.29. The number of nitrogens with one attached hydrogen (secondary N) is 1. The zero-order chi connectivity index (χ0) is 22.6. The molecule has 2 amide bonds. The molecule has 0 bridgehead atoms. The molecule has 0 aliphatic heterocycles. The summed E-state index contributed by atoms with van der Waals surface area (Å²) in [5.41, 5.74) is 2.18. The Bertz CT molecular complexity index is 829. The highest BCUT2D eigenvalue weighted by molar-refractivity contribution is 7.98. The molecule has 0 saturated heterocycles. The number of thioether (sulfide) groups is 1. The van der Waals surface area contributed by atoms with Gasteiger partial charge in [-0.15, -0.1) is 0 Å². The van der Waals surface area contributed by atoms with E-state index in [1.165, 1.54) is 5.56 Å². The van der Waals surface area contributed by atoms with E-state index >= 15 is 0 Å². The monoisotopic (exact) mass is 442 g/mol. The van der Waals surface area contributed by atoms with Crippen molar-refractivity contribution in [3.05, 3.63) is 65.7 Å². The molecule has 0 aliphatic rings. The van der Waals surface area contributed by atoms with Gasteiger partial charge in [0.1, 0.15) is 11.8 Å². The largest absolute Gasteiger partial charge is 0.497 e. The smallest absolute Gasteiger partial charge is 0.242 e. The van der Waals surface area contributed by atoms with Crippen LogP contribution in [0.3, 0.4) is 0 Å². The van der Waals surface area contributed by atoms with Crippen molar-refractivity contribution in [1.82, 2.24) is 10.2 Å². The molecule has 1 N–H and O–H groups in total. The maximum Gasteiger partial charge on any atom is 0.242 e. The Hall–Kier alpha value is -2.47. The van der Waals surface area contributed by atoms with Crippen LogP contribution in [0.15, 0.2) is 54.6 Å². The number of methoxy groups -OCH3 is 1. The first-order valence-electron chi connectivity index (χ1n) is 10.8. The zero-order valence-electron chi connectivity index (χ0n) is 19.0. The van der Waals surface area contributed by atoms with Crippen LogP contribution in [0.1, 0.15) is 44.7 Å². The van der Waals surface area contributed by atoms with Gasteiger partial charge < -0.3 is 15.0 Å². The number of amides is 2. The standard InChI is InChI=1S/C25H34N2O3S/c1-5-19(2)26-25(29)20(3)27(17-22-12-9-13-23(16-22)30-4)24(28)14-15-31-18-21-10-7-6-8-11-21/h6-13,16,19-20H,5,14-15,17-18H2,1-4H3,(H,26,29)/t19-,20+/m0/s1. The van der Waals surface area contributed by atoms with Gasteiger partial charge in [-0.2, -0.15) is 11.8 Å². The summed E-state index contributed by atoms with van der Waals surface area (Å²) in [6.45, 7) is 6.17. The van der Waals surface area contributed by atoms with Crippen molar-refractivity contribution in [2.24, 2.45) is 0 Å². The Morgan fingerprint density at radius 2 is 1.77 bits per heavy atom. The fourth-order valence-electron chi connectivity index (χ4n) is 3.08. The van der Waals surface area contributed by atoms with E-state index in [9.17, 15) is 9.59 Å². The summed E-state index contributed by atoms with van der Waals surface area (Å²) in [5, 5.41) is 3.00. The van der Waals surface area contributed by atoms with Gasteiger partial charge in [-0.3, -0.25) is 9.59 Å². The number of carbonyl (C=O) groups is 2. The van der Waals surface area contributed by atoms with E-state index in [0.717, 1.165) is 23.5 Å². The summed E-state index contributed by atoms with van der Waals surface area (Å²) < 4.78 is 5.31. The van der Waals surface area contributed by atoms with Crippen molar-refractivity contribution < 1.29 is 14.3 Å². The minimum absolute atomic E-state index is 0.0183. The quantitative estimate of drug-likeness (QED) is 0.486. The molecule has 0 saturated carbocycles. The molecule has 0 heterocycles. The van der Waals surface area contributed by atoms with Gasteiger partial charge >= 0.3 is 0 Å². The predicted molar refractivity (Wildman–Crippen MR) is 128 cm³/mol. The van der Waals surface area contributed by atoms with Gasteiger partial charge in [-0.05, 0) is 43.5 Å². The second-order valence-electron chi connectivity index (χ2n) is 7.66. The van der Waals surface area contributed by atoms with E-state index in [2.05, 4.69) is 17.4 Å². The summed E-state index contributed by atoms with van der Waals surface area (Å²) in [4.78, 5) is 27.5. The van der Waals surface area contributed by atoms with Crippen molar-refractivity contribution >= 4 is 23.6 Å². The molecule has 0 unspecified atom stereocenters. The minimum atomic E-state index is -0.549. The average Bonchev–Trinajstić information content (AvgIpc) is 2.80. The van der Waals surface area contributed by atoms with E-state index in [1.807, 2.05) is 56.3 Å². The highest BCUT2D eigenvalue weighted by Crippen LogP contribution is 2.18. The molecule has 2 atom stereocenters. The van der Waals surface area contributed by atoms with Crippen LogP contribution in [0, 0.1) is 0 Å². The maximum atomic E-state index is 13.1. The molecule has 31 heavy (non-hydrogen) atoms. The SMILES string of the molecule is CC[C@H](C)NC(=O)[C@@H](C)N(Cc1cccc(OC)c1)C(=O)CCSCc1ccccc1. The van der Waals surface area contributed by atoms with E-state index in [4.69, 9.17) is 4.74 Å². The van der Waals surface area contributed by atoms with Crippen molar-refractivity contribution in [3.63, 3.8) is 0 Å². The summed E-state index contributed by atoms with van der Waals surface area (Å²) in [5.74, 6) is 2.17. The van der Waals surface area contributed by atoms with Crippen LogP contribution < -0.4 is 10.1 Å². The third-order valence-electron chi connectivity index (χ3n) is 5.23. The fourth-order valence-corrected chi connectivity index (χ4v) is 3.97. The molecule has 0 radical (unpaired) electrons. The number of benzene rings is 2. The Morgan fingerprint density at radius 1 is 1.06 bits per heavy atom. The van der Waals surface area contributed by atoms with Crippen LogP contribution in [-0.2, 0) is 21.9 Å². The van der Waals surface area contributed by atoms with E-state index in [0.29, 0.717) is 18.7 Å². The van der Waals surface area contributed by atoms with Crippen molar-refractivity contribution in [1.29, 1.82) is 0 Å². The Kier molecular flexibility index (Phi) is 10.4. The number of hydrogen-bond donors (Lipinski definition) is 1. The second-order valence-corrected chi connectivity index (χ2v) is 8.76. The van der Waals surface area contributed by atoms with Gasteiger partial charge in [0.15, 0.2) is 0 Å². The number of carbonyl (C=O) groups excluding carboxylic acids is 2. The van der Waals surface area contributed by atoms with Gasteiger partial charge in [0.25, 0.3) is 0 Å². The molecule has 0 fully saturated rings. The van der Waals surface area contributed by atoms with E-state index in [-0.39, 0.29) is 17.9 Å². The molecule has 2 aromatic rings. The molecule has 168 valence electrons. The fraction of sp³-hybridized carbons (Fsp3) is 0.440. The lowest BCUT2D eigenvalue weighted by molar-refractivity contribution is -0.140. The van der Waals surface area contributed by atoms with Crippen LogP contribution >= 0.6 is 11.8 Å². The van der Waals surface area contributed by atoms with Crippen molar-refractivity contribution in [2.75, 3.05) is 12.9 Å². The lowest BCUT2D eigenvalue weighted by Crippen LogP contribution is -2.49. The normalized spacial score (nSPS) is 12.6. The van der Waals surface area contributed by atoms with Gasteiger partial charge in [0.05, 0.1) is 7.11 Å². The number of ether oxygens (including phenoxy) is 1. The Labute approximate surface area is 190 Å². The highest BCUT2D eigenvalue weighted by atomic mass is 32.2. The van der Waals surface area contributed by atoms with Gasteiger partial charge in [-0.1, -0.05) is 49.4 Å². The molecule has 5 nitrogen and oxygen atoms in total. The molecule has 0 aromatic heterocycles. The lowest BCUT2D eigenvalue weighted by Gasteiger charge is -2.30. The van der Waals surface area contributed by atoms with E-state index < -0.39 is 6.04 Å². The minimum Gasteiger partial charge on any atom is -0.497 e. The predicted octanol–water partition coefficient (Wildman–Crippen LogP) is 4.65. The van der Waals surface area contributed by atoms with Crippen LogP contribution in [0.5, 0.6) is 5.75 Å². The van der Waals surface area contributed by atoms with Crippen LogP contribution in [0.25, 0.3) is 0 Å². The Balaban J connectivity index is 2.03. The first kappa shape index (κ1) is 24.8. The highest BCUT2D eigenvalue weighted by Gasteiger charge is 2.26. The topological polar surface area (TPSA) is 58.6 Å². The first-order chi connectivity index (χ1) is 14.9. The van der Waals surface area contributed by atoms with Crippen molar-refractivity contribution in [2.45, 2.75) is 58.0 Å². The van der Waals surface area contributed by atoms with Crippen LogP contribution in [0.4, 0.5) is 0 Å². The molecule has 6 heteroatoms. The second kappa shape index (κ2) is 13.1. The number of nitrogens with zero attached hydrogens (tertiary/aromatic N) is 1. The molecular weight excluding hydrogens is 408 g/mol. The average molecular weight is 443 g/mol. The molecule has 0 aliphatic carbocycles. The van der Waals surface area contributed by atoms with Crippen LogP contribution in [-0.4, -0.2) is 41.7 Å². The first-order valence-corrected chi connectivity index (χ1v) is 11.9. The van der Waals surface area contributed by atoms with Gasteiger partial charge in [0.2, 0.25) is 11.8 Å². The summed E-state index contributed by atoms with van der Waals surface area (Å²) in [6, 6.07) is 17.4. The maximum absolute atomic E-state index is 13.1. The van der Waals surface area contributed by atoms with Gasteiger partial charge in [0, 0.05) is 30.5 Å². The zero-order valence-corrected chi connectivity index (χ0v) is 19.8. The molecular formula is C25H34N2O3S. The summed E-state index contributed by atoms with van der Waals surface area (Å²) in [6.07, 6.45) is 1.24. The molecule has 0 spiro atoms. The molecule has 2 rings (SSSR count). The molecule has 2 aromatic carbocycles. The van der Waals surface area contributed by atoms with Crippen molar-refractivity contribution in [3.8, 4) is 5.75 Å². The summed E-state index contributed by atoms with van der Waals surface area (Å²) >= 11 is 1.73. The number of hydrogen-bond acceptors (Lipinski definition) is 4. The third-order valence-corrected chi connectivity index (χ3v) is 6.26. The number of rotatable bonds is 12. The Morgan fingerprint density at radius 3 is 2.45 bits per heavy atom.